The molecule has 0 saturated carbocycles. The first-order chi connectivity index (χ1) is 15.2. The van der Waals surface area contributed by atoms with Crippen LogP contribution in [0.4, 0.5) is 0 Å². The van der Waals surface area contributed by atoms with Crippen molar-refractivity contribution in [3.63, 3.8) is 0 Å². The summed E-state index contributed by atoms with van der Waals surface area (Å²) in [5.74, 6) is 0.619. The number of rotatable bonds is 5. The average Bonchev–Trinajstić information content (AvgIpc) is 3.31. The zero-order valence-corrected chi connectivity index (χ0v) is 16.6. The summed E-state index contributed by atoms with van der Waals surface area (Å²) in [6.07, 6.45) is -2.35. The maximum Gasteiger partial charge on any atom is 0.166 e. The first-order valence-electron chi connectivity index (χ1n) is 10.1. The number of aromatic nitrogens is 4. The fourth-order valence-electron chi connectivity index (χ4n) is 4.03. The number of aliphatic hydroxyl groups excluding tert-OH is 3. The lowest BCUT2D eigenvalue weighted by molar-refractivity contribution is -0.0521. The SMILES string of the molecule is OC[C@H]1O[C@@H](n2c(Cc3ccccc3)nc3c(-c4ccccc4)ncnc32)[C@H](O)[C@@H]1O. The summed E-state index contributed by atoms with van der Waals surface area (Å²) in [6, 6.07) is 19.5. The lowest BCUT2D eigenvalue weighted by Gasteiger charge is -2.19. The van der Waals surface area contributed by atoms with Crippen molar-refractivity contribution in [1.82, 2.24) is 19.5 Å². The highest BCUT2D eigenvalue weighted by molar-refractivity contribution is 5.87. The maximum absolute atomic E-state index is 10.7. The van der Waals surface area contributed by atoms with E-state index in [1.54, 1.807) is 4.57 Å². The maximum atomic E-state index is 10.7. The molecule has 8 nitrogen and oxygen atoms in total. The monoisotopic (exact) mass is 418 g/mol. The third-order valence-corrected chi connectivity index (χ3v) is 5.57. The van der Waals surface area contributed by atoms with Crippen LogP contribution in [0.25, 0.3) is 22.4 Å². The van der Waals surface area contributed by atoms with E-state index in [2.05, 4.69) is 9.97 Å². The third-order valence-electron chi connectivity index (χ3n) is 5.57. The molecule has 3 heterocycles. The van der Waals surface area contributed by atoms with Crippen LogP contribution in [0.15, 0.2) is 67.0 Å². The summed E-state index contributed by atoms with van der Waals surface area (Å²) in [7, 11) is 0. The van der Waals surface area contributed by atoms with Crippen LogP contribution in [-0.4, -0.2) is 59.8 Å². The van der Waals surface area contributed by atoms with Gasteiger partial charge < -0.3 is 20.1 Å². The van der Waals surface area contributed by atoms with Crippen molar-refractivity contribution in [2.24, 2.45) is 0 Å². The van der Waals surface area contributed by atoms with E-state index in [4.69, 9.17) is 9.72 Å². The fourth-order valence-corrected chi connectivity index (χ4v) is 4.03. The van der Waals surface area contributed by atoms with Crippen molar-refractivity contribution in [2.75, 3.05) is 6.61 Å². The van der Waals surface area contributed by atoms with Gasteiger partial charge in [-0.1, -0.05) is 60.7 Å². The Labute approximate surface area is 178 Å². The summed E-state index contributed by atoms with van der Waals surface area (Å²) >= 11 is 0. The largest absolute Gasteiger partial charge is 0.394 e. The molecule has 4 atom stereocenters. The zero-order valence-electron chi connectivity index (χ0n) is 16.6. The normalized spacial score (nSPS) is 23.5. The Morgan fingerprint density at radius 2 is 1.61 bits per heavy atom. The van der Waals surface area contributed by atoms with Gasteiger partial charge in [0, 0.05) is 12.0 Å². The van der Waals surface area contributed by atoms with Gasteiger partial charge in [-0.2, -0.15) is 0 Å². The summed E-state index contributed by atoms with van der Waals surface area (Å²) in [5, 5.41) is 30.5. The molecule has 2 aromatic carbocycles. The molecule has 31 heavy (non-hydrogen) atoms. The average molecular weight is 418 g/mol. The zero-order chi connectivity index (χ0) is 21.4. The quantitative estimate of drug-likeness (QED) is 0.452. The Morgan fingerprint density at radius 1 is 0.903 bits per heavy atom. The molecule has 0 amide bonds. The molecule has 1 saturated heterocycles. The molecule has 0 unspecified atom stereocenters. The highest BCUT2D eigenvalue weighted by atomic mass is 16.6. The predicted octanol–water partition coefficient (Wildman–Crippen LogP) is 1.70. The van der Waals surface area contributed by atoms with Gasteiger partial charge in [-0.3, -0.25) is 4.57 Å². The van der Waals surface area contributed by atoms with Crippen LogP contribution < -0.4 is 0 Å². The smallest absolute Gasteiger partial charge is 0.166 e. The van der Waals surface area contributed by atoms with Gasteiger partial charge in [-0.05, 0) is 5.56 Å². The number of ether oxygens (including phenoxy) is 1. The van der Waals surface area contributed by atoms with E-state index in [9.17, 15) is 15.3 Å². The Kier molecular flexibility index (Phi) is 5.21. The molecule has 8 heteroatoms. The van der Waals surface area contributed by atoms with Crippen molar-refractivity contribution < 1.29 is 20.1 Å². The fraction of sp³-hybridized carbons (Fsp3) is 0.261. The molecular formula is C23H22N4O4. The molecular weight excluding hydrogens is 396 g/mol. The van der Waals surface area contributed by atoms with Gasteiger partial charge >= 0.3 is 0 Å². The molecule has 158 valence electrons. The molecule has 1 aliphatic rings. The van der Waals surface area contributed by atoms with Crippen LogP contribution in [0.5, 0.6) is 0 Å². The molecule has 5 rings (SSSR count). The Morgan fingerprint density at radius 3 is 2.29 bits per heavy atom. The second-order valence-corrected chi connectivity index (χ2v) is 7.55. The van der Waals surface area contributed by atoms with E-state index in [1.807, 2.05) is 60.7 Å². The van der Waals surface area contributed by atoms with Gasteiger partial charge in [-0.15, -0.1) is 0 Å². The molecule has 0 bridgehead atoms. The molecule has 3 N–H and O–H groups in total. The lowest BCUT2D eigenvalue weighted by atomic mass is 10.1. The van der Waals surface area contributed by atoms with Crippen LogP contribution in [0.3, 0.4) is 0 Å². The van der Waals surface area contributed by atoms with Gasteiger partial charge in [-0.25, -0.2) is 15.0 Å². The van der Waals surface area contributed by atoms with Crippen LogP contribution in [0, 0.1) is 0 Å². The van der Waals surface area contributed by atoms with Crippen LogP contribution in [0.2, 0.25) is 0 Å². The minimum atomic E-state index is -1.24. The van der Waals surface area contributed by atoms with Crippen molar-refractivity contribution in [3.05, 3.63) is 78.4 Å². The van der Waals surface area contributed by atoms with Crippen molar-refractivity contribution in [1.29, 1.82) is 0 Å². The summed E-state index contributed by atoms with van der Waals surface area (Å²) < 4.78 is 7.53. The van der Waals surface area contributed by atoms with Crippen LogP contribution in [-0.2, 0) is 11.2 Å². The number of aliphatic hydroxyl groups is 3. The minimum Gasteiger partial charge on any atom is -0.394 e. The summed E-state index contributed by atoms with van der Waals surface area (Å²) in [4.78, 5) is 13.7. The molecule has 4 aromatic rings. The summed E-state index contributed by atoms with van der Waals surface area (Å²) in [5.41, 5.74) is 3.67. The first-order valence-corrected chi connectivity index (χ1v) is 10.1. The second-order valence-electron chi connectivity index (χ2n) is 7.55. The van der Waals surface area contributed by atoms with E-state index in [0.717, 1.165) is 11.1 Å². The van der Waals surface area contributed by atoms with Gasteiger partial charge in [0.05, 0.1) is 6.61 Å². The topological polar surface area (TPSA) is 114 Å². The van der Waals surface area contributed by atoms with E-state index >= 15 is 0 Å². The van der Waals surface area contributed by atoms with E-state index in [0.29, 0.717) is 29.1 Å². The highest BCUT2D eigenvalue weighted by Gasteiger charge is 2.45. The number of benzene rings is 2. The lowest BCUT2D eigenvalue weighted by Crippen LogP contribution is -2.33. The number of hydrogen-bond donors (Lipinski definition) is 3. The molecule has 0 radical (unpaired) electrons. The number of fused-ring (bicyclic) bond motifs is 1. The van der Waals surface area contributed by atoms with E-state index in [-0.39, 0.29) is 0 Å². The molecule has 1 aliphatic heterocycles. The van der Waals surface area contributed by atoms with Gasteiger partial charge in [0.2, 0.25) is 0 Å². The van der Waals surface area contributed by atoms with Gasteiger partial charge in [0.25, 0.3) is 0 Å². The minimum absolute atomic E-state index is 0.403. The highest BCUT2D eigenvalue weighted by Crippen LogP contribution is 2.35. The first kappa shape index (κ1) is 19.8. The molecule has 2 aromatic heterocycles. The standard InChI is InChI=1S/C23H22N4O4/c28-12-16-20(29)21(30)23(31-16)27-17(11-14-7-3-1-4-8-14)26-19-18(24-13-25-22(19)27)15-9-5-2-6-10-15/h1-10,13,16,20-21,23,28-30H,11-12H2/t16-,20-,21-,23-/m1/s1. The van der Waals surface area contributed by atoms with Gasteiger partial charge in [0.15, 0.2) is 11.9 Å². The van der Waals surface area contributed by atoms with Crippen molar-refractivity contribution in [3.8, 4) is 11.3 Å². The Hall–Kier alpha value is -3.17. The van der Waals surface area contributed by atoms with Crippen LogP contribution >= 0.6 is 0 Å². The molecule has 0 aliphatic carbocycles. The third kappa shape index (κ3) is 3.49. The number of imidazole rings is 1. The van der Waals surface area contributed by atoms with Gasteiger partial charge in [0.1, 0.15) is 41.7 Å². The summed E-state index contributed by atoms with van der Waals surface area (Å²) in [6.45, 7) is -0.403. The predicted molar refractivity (Wildman–Crippen MR) is 113 cm³/mol. The molecule has 1 fully saturated rings. The van der Waals surface area contributed by atoms with Crippen LogP contribution in [0.1, 0.15) is 17.6 Å². The van der Waals surface area contributed by atoms with Crippen molar-refractivity contribution >= 4 is 11.2 Å². The Bertz CT molecular complexity index is 1180. The second kappa shape index (κ2) is 8.16. The molecule has 0 spiro atoms. The van der Waals surface area contributed by atoms with E-state index in [1.165, 1.54) is 6.33 Å². The Balaban J connectivity index is 1.69. The van der Waals surface area contributed by atoms with E-state index < -0.39 is 31.1 Å². The number of nitrogens with zero attached hydrogens (tertiary/aromatic N) is 4. The van der Waals surface area contributed by atoms with Crippen molar-refractivity contribution in [2.45, 2.75) is 31.0 Å². The number of hydrogen-bond acceptors (Lipinski definition) is 7.